The average Bonchev–Trinajstić information content (AvgIpc) is 2.29. The molecule has 0 aliphatic rings. The van der Waals surface area contributed by atoms with Crippen LogP contribution in [0.15, 0.2) is 24.3 Å². The molecular weight excluding hydrogens is 200 g/mol. The van der Waals surface area contributed by atoms with Crippen molar-refractivity contribution >= 4 is 11.6 Å². The van der Waals surface area contributed by atoms with Crippen LogP contribution in [0.25, 0.3) is 0 Å². The van der Waals surface area contributed by atoms with Crippen LogP contribution in [-0.4, -0.2) is 19.5 Å². The highest BCUT2D eigenvalue weighted by Crippen LogP contribution is 2.12. The zero-order valence-corrected chi connectivity index (χ0v) is 10.2. The summed E-state index contributed by atoms with van der Waals surface area (Å²) >= 11 is 0. The topological polar surface area (TPSA) is 41.1 Å². The number of anilines is 1. The summed E-state index contributed by atoms with van der Waals surface area (Å²) in [6.07, 6.45) is 0.982. The Hall–Kier alpha value is -1.35. The first-order chi connectivity index (χ1) is 7.67. The first kappa shape index (κ1) is 12.7. The summed E-state index contributed by atoms with van der Waals surface area (Å²) < 4.78 is 0. The average molecular weight is 220 g/mol. The summed E-state index contributed by atoms with van der Waals surface area (Å²) in [5.74, 6) is 0.0397. The van der Waals surface area contributed by atoms with Crippen LogP contribution in [0.3, 0.4) is 0 Å². The molecule has 0 aliphatic heterocycles. The lowest BCUT2D eigenvalue weighted by Gasteiger charge is -2.12. The molecule has 0 fully saturated rings. The number of nitrogens with one attached hydrogen (secondary N) is 2. The lowest BCUT2D eigenvalue weighted by molar-refractivity contribution is -0.119. The van der Waals surface area contributed by atoms with E-state index in [0.717, 1.165) is 12.1 Å². The zero-order chi connectivity index (χ0) is 12.0. The molecule has 1 aromatic carbocycles. The van der Waals surface area contributed by atoms with Crippen LogP contribution in [0.4, 0.5) is 5.69 Å². The van der Waals surface area contributed by atoms with Gasteiger partial charge in [-0.1, -0.05) is 26.0 Å². The fraction of sp³-hybridized carbons (Fsp3) is 0.462. The Morgan fingerprint density at radius 1 is 1.44 bits per heavy atom. The van der Waals surface area contributed by atoms with Crippen molar-refractivity contribution in [2.24, 2.45) is 5.92 Å². The van der Waals surface area contributed by atoms with Crippen LogP contribution >= 0.6 is 0 Å². The lowest BCUT2D eigenvalue weighted by atomic mass is 10.1. The van der Waals surface area contributed by atoms with Crippen LogP contribution in [-0.2, 0) is 11.2 Å². The Labute approximate surface area is 97.2 Å². The number of hydrogen-bond donors (Lipinski definition) is 2. The van der Waals surface area contributed by atoms with E-state index in [2.05, 4.69) is 23.6 Å². The maximum Gasteiger partial charge on any atom is 0.228 e. The predicted octanol–water partition coefficient (Wildman–Crippen LogP) is 2.04. The molecule has 0 saturated heterocycles. The van der Waals surface area contributed by atoms with Crippen LogP contribution in [0, 0.1) is 5.92 Å². The SMILES string of the molecule is CCc1cccc(NC(=O)C(C)CNC)c1. The largest absolute Gasteiger partial charge is 0.326 e. The molecule has 1 amide bonds. The molecule has 0 spiro atoms. The van der Waals surface area contributed by atoms with Gasteiger partial charge in [-0.3, -0.25) is 4.79 Å². The summed E-state index contributed by atoms with van der Waals surface area (Å²) in [4.78, 5) is 11.8. The number of carbonyl (C=O) groups excluding carboxylic acids is 1. The van der Waals surface area contributed by atoms with Gasteiger partial charge in [-0.2, -0.15) is 0 Å². The van der Waals surface area contributed by atoms with Gasteiger partial charge in [0.25, 0.3) is 0 Å². The molecule has 0 saturated carbocycles. The minimum absolute atomic E-state index is 0.0183. The van der Waals surface area contributed by atoms with Gasteiger partial charge in [0, 0.05) is 18.2 Å². The second kappa shape index (κ2) is 6.28. The van der Waals surface area contributed by atoms with E-state index in [9.17, 15) is 4.79 Å². The normalized spacial score (nSPS) is 12.2. The second-order valence-electron chi connectivity index (χ2n) is 4.00. The number of aryl methyl sites for hydroxylation is 1. The van der Waals surface area contributed by atoms with Gasteiger partial charge >= 0.3 is 0 Å². The Kier molecular flexibility index (Phi) is 4.99. The van der Waals surface area contributed by atoms with Gasteiger partial charge in [0.1, 0.15) is 0 Å². The van der Waals surface area contributed by atoms with E-state index in [0.29, 0.717) is 6.54 Å². The van der Waals surface area contributed by atoms with Crippen LogP contribution in [0.1, 0.15) is 19.4 Å². The Balaban J connectivity index is 2.61. The standard InChI is InChI=1S/C13H20N2O/c1-4-11-6-5-7-12(8-11)15-13(16)10(2)9-14-3/h5-8,10,14H,4,9H2,1-3H3,(H,15,16). The molecule has 0 aliphatic carbocycles. The van der Waals surface area contributed by atoms with E-state index in [1.165, 1.54) is 5.56 Å². The second-order valence-corrected chi connectivity index (χ2v) is 4.00. The Morgan fingerprint density at radius 3 is 2.81 bits per heavy atom. The molecule has 3 nitrogen and oxygen atoms in total. The quantitative estimate of drug-likeness (QED) is 0.797. The van der Waals surface area contributed by atoms with Gasteiger partial charge in [0.15, 0.2) is 0 Å². The maximum atomic E-state index is 11.8. The molecule has 2 N–H and O–H groups in total. The van der Waals surface area contributed by atoms with Crippen molar-refractivity contribution in [1.29, 1.82) is 0 Å². The summed E-state index contributed by atoms with van der Waals surface area (Å²) in [6, 6.07) is 7.97. The molecule has 0 heterocycles. The molecule has 16 heavy (non-hydrogen) atoms. The number of rotatable bonds is 5. The van der Waals surface area contributed by atoms with E-state index in [-0.39, 0.29) is 11.8 Å². The Morgan fingerprint density at radius 2 is 2.19 bits per heavy atom. The third-order valence-electron chi connectivity index (χ3n) is 2.56. The smallest absolute Gasteiger partial charge is 0.228 e. The molecule has 3 heteroatoms. The molecular formula is C13H20N2O. The van der Waals surface area contributed by atoms with Crippen LogP contribution in [0.2, 0.25) is 0 Å². The summed E-state index contributed by atoms with van der Waals surface area (Å²) in [5.41, 5.74) is 2.12. The molecule has 0 aromatic heterocycles. The monoisotopic (exact) mass is 220 g/mol. The van der Waals surface area contributed by atoms with Crippen molar-refractivity contribution in [3.05, 3.63) is 29.8 Å². The van der Waals surface area contributed by atoms with Crippen molar-refractivity contribution in [1.82, 2.24) is 5.32 Å². The summed E-state index contributed by atoms with van der Waals surface area (Å²) in [7, 11) is 1.85. The maximum absolute atomic E-state index is 11.8. The van der Waals surface area contributed by atoms with Gasteiger partial charge in [-0.25, -0.2) is 0 Å². The molecule has 0 radical (unpaired) electrons. The summed E-state index contributed by atoms with van der Waals surface area (Å²) in [6.45, 7) is 4.71. The van der Waals surface area contributed by atoms with E-state index in [4.69, 9.17) is 0 Å². The highest BCUT2D eigenvalue weighted by molar-refractivity contribution is 5.92. The van der Waals surface area contributed by atoms with Gasteiger partial charge in [-0.15, -0.1) is 0 Å². The number of amides is 1. The zero-order valence-electron chi connectivity index (χ0n) is 10.2. The molecule has 1 unspecified atom stereocenters. The highest BCUT2D eigenvalue weighted by atomic mass is 16.1. The van der Waals surface area contributed by atoms with E-state index >= 15 is 0 Å². The van der Waals surface area contributed by atoms with Gasteiger partial charge in [0.2, 0.25) is 5.91 Å². The Bertz CT molecular complexity index is 350. The number of benzene rings is 1. The van der Waals surface area contributed by atoms with Crippen molar-refractivity contribution in [3.63, 3.8) is 0 Å². The third kappa shape index (κ3) is 3.66. The minimum atomic E-state index is -0.0183. The first-order valence-electron chi connectivity index (χ1n) is 5.71. The number of hydrogen-bond acceptors (Lipinski definition) is 2. The fourth-order valence-corrected chi connectivity index (χ4v) is 1.53. The van der Waals surface area contributed by atoms with Crippen molar-refractivity contribution in [3.8, 4) is 0 Å². The van der Waals surface area contributed by atoms with E-state index in [1.54, 1.807) is 0 Å². The van der Waals surface area contributed by atoms with Crippen molar-refractivity contribution < 1.29 is 4.79 Å². The van der Waals surface area contributed by atoms with Gasteiger partial charge in [0.05, 0.1) is 0 Å². The molecule has 1 aromatic rings. The van der Waals surface area contributed by atoms with E-state index < -0.39 is 0 Å². The first-order valence-corrected chi connectivity index (χ1v) is 5.71. The third-order valence-corrected chi connectivity index (χ3v) is 2.56. The van der Waals surface area contributed by atoms with Crippen molar-refractivity contribution in [2.75, 3.05) is 18.9 Å². The molecule has 88 valence electrons. The van der Waals surface area contributed by atoms with Crippen LogP contribution < -0.4 is 10.6 Å². The molecule has 0 bridgehead atoms. The fourth-order valence-electron chi connectivity index (χ4n) is 1.53. The van der Waals surface area contributed by atoms with Crippen molar-refractivity contribution in [2.45, 2.75) is 20.3 Å². The summed E-state index contributed by atoms with van der Waals surface area (Å²) in [5, 5.41) is 5.92. The predicted molar refractivity (Wildman–Crippen MR) is 67.5 cm³/mol. The van der Waals surface area contributed by atoms with Crippen LogP contribution in [0.5, 0.6) is 0 Å². The molecule has 1 rings (SSSR count). The van der Waals surface area contributed by atoms with Gasteiger partial charge < -0.3 is 10.6 Å². The number of carbonyl (C=O) groups is 1. The minimum Gasteiger partial charge on any atom is -0.326 e. The highest BCUT2D eigenvalue weighted by Gasteiger charge is 2.11. The van der Waals surface area contributed by atoms with Gasteiger partial charge in [-0.05, 0) is 31.2 Å². The molecule has 1 atom stereocenters. The lowest BCUT2D eigenvalue weighted by Crippen LogP contribution is -2.28. The van der Waals surface area contributed by atoms with E-state index in [1.807, 2.05) is 32.2 Å².